The van der Waals surface area contributed by atoms with Gasteiger partial charge in [0.25, 0.3) is 0 Å². The lowest BCUT2D eigenvalue weighted by Gasteiger charge is -2.14. The Morgan fingerprint density at radius 3 is 2.50 bits per heavy atom. The first kappa shape index (κ1) is 11.3. The van der Waals surface area contributed by atoms with Crippen molar-refractivity contribution in [1.82, 2.24) is 0 Å². The molecule has 0 saturated carbocycles. The molecule has 1 aromatic rings. The van der Waals surface area contributed by atoms with E-state index in [1.807, 2.05) is 24.3 Å². The highest BCUT2D eigenvalue weighted by Crippen LogP contribution is 2.21. The van der Waals surface area contributed by atoms with Crippen molar-refractivity contribution in [2.24, 2.45) is 11.8 Å². The monoisotopic (exact) mass is 210 g/mol. The summed E-state index contributed by atoms with van der Waals surface area (Å²) in [5.41, 5.74) is 1.06. The molecule has 76 valence electrons. The third-order valence-electron chi connectivity index (χ3n) is 2.44. The smallest absolute Gasteiger partial charge is 0.123 e. The Morgan fingerprint density at radius 2 is 2.00 bits per heavy atom. The fraction of sp³-hybridized carbons (Fsp3) is 0.417. The zero-order chi connectivity index (χ0) is 10.6. The van der Waals surface area contributed by atoms with E-state index in [-0.39, 0.29) is 5.92 Å². The molecule has 1 atom stereocenters. The van der Waals surface area contributed by atoms with E-state index in [9.17, 15) is 4.79 Å². The maximum Gasteiger partial charge on any atom is 0.123 e. The van der Waals surface area contributed by atoms with E-state index in [0.717, 1.165) is 23.3 Å². The van der Waals surface area contributed by atoms with Crippen LogP contribution in [0, 0.1) is 11.8 Å². The van der Waals surface area contributed by atoms with Gasteiger partial charge in [0.2, 0.25) is 0 Å². The van der Waals surface area contributed by atoms with Crippen molar-refractivity contribution in [1.29, 1.82) is 0 Å². The summed E-state index contributed by atoms with van der Waals surface area (Å²) in [7, 11) is 0. The molecule has 1 rings (SSSR count). The summed E-state index contributed by atoms with van der Waals surface area (Å²) in [5, 5.41) is 0.750. The number of hydrogen-bond donors (Lipinski definition) is 0. The zero-order valence-electron chi connectivity index (χ0n) is 8.53. The van der Waals surface area contributed by atoms with Gasteiger partial charge >= 0.3 is 0 Å². The molecular formula is C12H15ClO. The van der Waals surface area contributed by atoms with E-state index in [4.69, 9.17) is 11.6 Å². The Kier molecular flexibility index (Phi) is 4.15. The van der Waals surface area contributed by atoms with Crippen LogP contribution in [0.2, 0.25) is 5.02 Å². The van der Waals surface area contributed by atoms with Gasteiger partial charge in [-0.15, -0.1) is 0 Å². The lowest BCUT2D eigenvalue weighted by atomic mass is 9.90. The second-order valence-corrected chi connectivity index (χ2v) is 4.25. The molecule has 0 aromatic heterocycles. The molecule has 0 bridgehead atoms. The quantitative estimate of drug-likeness (QED) is 0.697. The molecule has 1 nitrogen and oxygen atoms in total. The molecule has 14 heavy (non-hydrogen) atoms. The van der Waals surface area contributed by atoms with Gasteiger partial charge in [-0.05, 0) is 24.0 Å². The SMILES string of the molecule is CC(C)C(C=O)Cc1ccccc1Cl. The number of hydrogen-bond acceptors (Lipinski definition) is 1. The fourth-order valence-electron chi connectivity index (χ4n) is 1.36. The minimum atomic E-state index is 0.0647. The Labute approximate surface area is 90.1 Å². The molecule has 0 aliphatic rings. The molecule has 0 spiro atoms. The summed E-state index contributed by atoms with van der Waals surface area (Å²) >= 11 is 6.01. The maximum atomic E-state index is 10.8. The predicted octanol–water partition coefficient (Wildman–Crippen LogP) is 3.35. The third-order valence-corrected chi connectivity index (χ3v) is 2.81. The molecule has 0 saturated heterocycles. The molecule has 0 radical (unpaired) electrons. The molecule has 1 unspecified atom stereocenters. The van der Waals surface area contributed by atoms with Crippen LogP contribution in [-0.4, -0.2) is 6.29 Å². The van der Waals surface area contributed by atoms with Crippen LogP contribution in [0.15, 0.2) is 24.3 Å². The van der Waals surface area contributed by atoms with Crippen LogP contribution in [0.4, 0.5) is 0 Å². The molecule has 1 aromatic carbocycles. The molecule has 0 aliphatic heterocycles. The average molecular weight is 211 g/mol. The van der Waals surface area contributed by atoms with Crippen LogP contribution in [-0.2, 0) is 11.2 Å². The van der Waals surface area contributed by atoms with Gasteiger partial charge in [-0.1, -0.05) is 43.6 Å². The van der Waals surface area contributed by atoms with Crippen LogP contribution in [0.5, 0.6) is 0 Å². The normalized spacial score (nSPS) is 12.9. The first-order valence-corrected chi connectivity index (χ1v) is 5.21. The number of carbonyl (C=O) groups is 1. The Morgan fingerprint density at radius 1 is 1.36 bits per heavy atom. The minimum absolute atomic E-state index is 0.0647. The number of benzene rings is 1. The first-order valence-electron chi connectivity index (χ1n) is 4.84. The number of aldehydes is 1. The van der Waals surface area contributed by atoms with Gasteiger partial charge in [0, 0.05) is 10.9 Å². The van der Waals surface area contributed by atoms with Crippen LogP contribution < -0.4 is 0 Å². The number of rotatable bonds is 4. The Balaban J connectivity index is 2.77. The highest BCUT2D eigenvalue weighted by molar-refractivity contribution is 6.31. The van der Waals surface area contributed by atoms with Gasteiger partial charge in [-0.25, -0.2) is 0 Å². The Hall–Kier alpha value is -0.820. The number of halogens is 1. The molecule has 0 fully saturated rings. The maximum absolute atomic E-state index is 10.8. The Bertz CT molecular complexity index is 307. The lowest BCUT2D eigenvalue weighted by Crippen LogP contribution is -2.13. The van der Waals surface area contributed by atoms with Crippen molar-refractivity contribution in [2.45, 2.75) is 20.3 Å². The van der Waals surface area contributed by atoms with E-state index in [1.54, 1.807) is 0 Å². The summed E-state index contributed by atoms with van der Waals surface area (Å²) < 4.78 is 0. The molecule has 0 N–H and O–H groups in total. The van der Waals surface area contributed by atoms with Gasteiger partial charge in [-0.2, -0.15) is 0 Å². The number of carbonyl (C=O) groups excluding carboxylic acids is 1. The zero-order valence-corrected chi connectivity index (χ0v) is 9.29. The van der Waals surface area contributed by atoms with Crippen molar-refractivity contribution < 1.29 is 4.79 Å². The highest BCUT2D eigenvalue weighted by Gasteiger charge is 2.13. The van der Waals surface area contributed by atoms with Gasteiger partial charge in [0.1, 0.15) is 6.29 Å². The van der Waals surface area contributed by atoms with Crippen LogP contribution in [0.25, 0.3) is 0 Å². The van der Waals surface area contributed by atoms with Gasteiger partial charge in [0.15, 0.2) is 0 Å². The average Bonchev–Trinajstić information content (AvgIpc) is 2.16. The summed E-state index contributed by atoms with van der Waals surface area (Å²) in [6, 6.07) is 7.68. The van der Waals surface area contributed by atoms with E-state index in [0.29, 0.717) is 5.92 Å². The van der Waals surface area contributed by atoms with E-state index < -0.39 is 0 Å². The van der Waals surface area contributed by atoms with Crippen molar-refractivity contribution in [3.8, 4) is 0 Å². The van der Waals surface area contributed by atoms with E-state index in [2.05, 4.69) is 13.8 Å². The second kappa shape index (κ2) is 5.16. The summed E-state index contributed by atoms with van der Waals surface area (Å²) in [6.45, 7) is 4.10. The summed E-state index contributed by atoms with van der Waals surface area (Å²) in [4.78, 5) is 10.8. The molecule has 0 aliphatic carbocycles. The van der Waals surface area contributed by atoms with Crippen molar-refractivity contribution in [3.05, 3.63) is 34.9 Å². The molecule has 0 amide bonds. The fourth-order valence-corrected chi connectivity index (χ4v) is 1.57. The highest BCUT2D eigenvalue weighted by atomic mass is 35.5. The molecule has 0 heterocycles. The lowest BCUT2D eigenvalue weighted by molar-refractivity contribution is -0.112. The van der Waals surface area contributed by atoms with Crippen molar-refractivity contribution >= 4 is 17.9 Å². The van der Waals surface area contributed by atoms with Gasteiger partial charge in [0.05, 0.1) is 0 Å². The minimum Gasteiger partial charge on any atom is -0.303 e. The topological polar surface area (TPSA) is 17.1 Å². The molecule has 2 heteroatoms. The van der Waals surface area contributed by atoms with E-state index in [1.165, 1.54) is 0 Å². The van der Waals surface area contributed by atoms with Crippen LogP contribution >= 0.6 is 11.6 Å². The summed E-state index contributed by atoms with van der Waals surface area (Å²) in [5.74, 6) is 0.429. The van der Waals surface area contributed by atoms with Crippen LogP contribution in [0.3, 0.4) is 0 Å². The second-order valence-electron chi connectivity index (χ2n) is 3.84. The van der Waals surface area contributed by atoms with Crippen molar-refractivity contribution in [2.75, 3.05) is 0 Å². The van der Waals surface area contributed by atoms with Gasteiger partial charge in [-0.3, -0.25) is 0 Å². The summed E-state index contributed by atoms with van der Waals surface area (Å²) in [6.07, 6.45) is 1.76. The first-order chi connectivity index (χ1) is 6.65. The van der Waals surface area contributed by atoms with E-state index >= 15 is 0 Å². The third kappa shape index (κ3) is 2.85. The molecular weight excluding hydrogens is 196 g/mol. The standard InChI is InChI=1S/C12H15ClO/c1-9(2)11(8-14)7-10-5-3-4-6-12(10)13/h3-6,8-9,11H,7H2,1-2H3. The van der Waals surface area contributed by atoms with Crippen molar-refractivity contribution in [3.63, 3.8) is 0 Å². The largest absolute Gasteiger partial charge is 0.303 e. The van der Waals surface area contributed by atoms with Crippen LogP contribution in [0.1, 0.15) is 19.4 Å². The predicted molar refractivity (Wildman–Crippen MR) is 59.5 cm³/mol. The van der Waals surface area contributed by atoms with Gasteiger partial charge < -0.3 is 4.79 Å².